The Morgan fingerprint density at radius 2 is 2.46 bits per heavy atom. The second kappa shape index (κ2) is 5.21. The third-order valence-electron chi connectivity index (χ3n) is 2.74. The van der Waals surface area contributed by atoms with Gasteiger partial charge in [0.15, 0.2) is 0 Å². The fraction of sp³-hybridized carbons (Fsp3) is 0.900. The molecule has 0 radical (unpaired) electrons. The monoisotopic (exact) mass is 182 g/mol. The maximum Gasteiger partial charge on any atom is 0.0667 e. The summed E-state index contributed by atoms with van der Waals surface area (Å²) in [5.41, 5.74) is 0. The van der Waals surface area contributed by atoms with Crippen LogP contribution in [0.5, 0.6) is 0 Å². The van der Waals surface area contributed by atoms with Crippen LogP contribution in [0, 0.1) is 11.3 Å². The molecule has 13 heavy (non-hydrogen) atoms. The minimum Gasteiger partial charge on any atom is -0.392 e. The summed E-state index contributed by atoms with van der Waals surface area (Å²) in [5.74, 6) is 0. The zero-order chi connectivity index (χ0) is 9.68. The van der Waals surface area contributed by atoms with Crippen LogP contribution in [0.2, 0.25) is 0 Å². The third kappa shape index (κ3) is 2.98. The van der Waals surface area contributed by atoms with E-state index >= 15 is 0 Å². The van der Waals surface area contributed by atoms with Gasteiger partial charge in [-0.25, -0.2) is 0 Å². The summed E-state index contributed by atoms with van der Waals surface area (Å²) >= 11 is 0. The number of aliphatic hydroxyl groups excluding tert-OH is 1. The highest BCUT2D eigenvalue weighted by Gasteiger charge is 2.23. The molecule has 2 atom stereocenters. The molecule has 0 aromatic carbocycles. The van der Waals surface area contributed by atoms with Crippen molar-refractivity contribution in [2.75, 3.05) is 13.1 Å². The highest BCUT2D eigenvalue weighted by atomic mass is 16.3. The van der Waals surface area contributed by atoms with Crippen molar-refractivity contribution in [3.05, 3.63) is 0 Å². The van der Waals surface area contributed by atoms with E-state index in [-0.39, 0.29) is 6.10 Å². The first-order valence-corrected chi connectivity index (χ1v) is 5.07. The molecular weight excluding hydrogens is 164 g/mol. The van der Waals surface area contributed by atoms with Crippen molar-refractivity contribution in [1.82, 2.24) is 4.90 Å². The van der Waals surface area contributed by atoms with Crippen LogP contribution < -0.4 is 0 Å². The first kappa shape index (κ1) is 10.5. The Bertz CT molecular complexity index is 188. The smallest absolute Gasteiger partial charge is 0.0667 e. The number of nitriles is 1. The molecule has 1 heterocycles. The molecule has 1 fully saturated rings. The second-order valence-corrected chi connectivity index (χ2v) is 3.72. The molecule has 1 saturated heterocycles. The summed E-state index contributed by atoms with van der Waals surface area (Å²) in [5, 5.41) is 18.1. The fourth-order valence-corrected chi connectivity index (χ4v) is 1.95. The van der Waals surface area contributed by atoms with E-state index in [1.54, 1.807) is 0 Å². The maximum atomic E-state index is 9.47. The van der Waals surface area contributed by atoms with E-state index in [0.29, 0.717) is 12.5 Å². The topological polar surface area (TPSA) is 47.3 Å². The van der Waals surface area contributed by atoms with Crippen molar-refractivity contribution in [3.8, 4) is 6.07 Å². The van der Waals surface area contributed by atoms with Crippen LogP contribution in [0.3, 0.4) is 0 Å². The molecule has 0 spiro atoms. The van der Waals surface area contributed by atoms with Gasteiger partial charge in [0.25, 0.3) is 0 Å². The predicted molar refractivity (Wildman–Crippen MR) is 51.1 cm³/mol. The summed E-state index contributed by atoms with van der Waals surface area (Å²) in [6, 6.07) is 2.55. The van der Waals surface area contributed by atoms with E-state index in [1.807, 2.05) is 0 Å². The number of piperidine rings is 1. The summed E-state index contributed by atoms with van der Waals surface area (Å²) in [7, 11) is 0. The number of β-amino-alcohol motifs (C(OH)–C–C–N with tert-alkyl or cyclic N) is 1. The van der Waals surface area contributed by atoms with E-state index in [9.17, 15) is 5.11 Å². The Morgan fingerprint density at radius 3 is 3.00 bits per heavy atom. The Balaban J connectivity index is 2.43. The molecule has 1 rings (SSSR count). The number of aliphatic hydroxyl groups is 1. The SMILES string of the molecule is CCC(CC#N)N1CCCC(O)C1. The number of hydrogen-bond acceptors (Lipinski definition) is 3. The summed E-state index contributed by atoms with van der Waals surface area (Å²) in [4.78, 5) is 2.25. The standard InChI is InChI=1S/C10H18N2O/c1-2-9(5-6-11)12-7-3-4-10(13)8-12/h9-10,13H,2-5,7-8H2,1H3. The van der Waals surface area contributed by atoms with Crippen molar-refractivity contribution >= 4 is 0 Å². The maximum absolute atomic E-state index is 9.47. The predicted octanol–water partition coefficient (Wildman–Crippen LogP) is 1.14. The lowest BCUT2D eigenvalue weighted by molar-refractivity contribution is 0.0463. The molecule has 1 aliphatic heterocycles. The highest BCUT2D eigenvalue weighted by Crippen LogP contribution is 2.16. The Hall–Kier alpha value is -0.590. The summed E-state index contributed by atoms with van der Waals surface area (Å²) in [6.45, 7) is 3.89. The number of nitrogens with zero attached hydrogens (tertiary/aromatic N) is 2. The van der Waals surface area contributed by atoms with E-state index in [4.69, 9.17) is 5.26 Å². The molecule has 0 bridgehead atoms. The van der Waals surface area contributed by atoms with Crippen molar-refractivity contribution < 1.29 is 5.11 Å². The van der Waals surface area contributed by atoms with Gasteiger partial charge in [0, 0.05) is 12.6 Å². The van der Waals surface area contributed by atoms with Gasteiger partial charge >= 0.3 is 0 Å². The zero-order valence-corrected chi connectivity index (χ0v) is 8.24. The van der Waals surface area contributed by atoms with E-state index < -0.39 is 0 Å². The van der Waals surface area contributed by atoms with Crippen molar-refractivity contribution in [2.24, 2.45) is 0 Å². The summed E-state index contributed by atoms with van der Waals surface area (Å²) < 4.78 is 0. The second-order valence-electron chi connectivity index (χ2n) is 3.72. The molecule has 3 heteroatoms. The number of likely N-dealkylation sites (tertiary alicyclic amines) is 1. The normalized spacial score (nSPS) is 26.7. The van der Waals surface area contributed by atoms with Gasteiger partial charge in [-0.15, -0.1) is 0 Å². The molecule has 0 aromatic heterocycles. The van der Waals surface area contributed by atoms with Crippen molar-refractivity contribution in [1.29, 1.82) is 5.26 Å². The van der Waals surface area contributed by atoms with Crippen LogP contribution in [0.4, 0.5) is 0 Å². The van der Waals surface area contributed by atoms with Crippen LogP contribution in [-0.2, 0) is 0 Å². The molecule has 0 saturated carbocycles. The fourth-order valence-electron chi connectivity index (χ4n) is 1.95. The zero-order valence-electron chi connectivity index (χ0n) is 8.24. The average molecular weight is 182 g/mol. The van der Waals surface area contributed by atoms with Crippen LogP contribution >= 0.6 is 0 Å². The Morgan fingerprint density at radius 1 is 1.69 bits per heavy atom. The lowest BCUT2D eigenvalue weighted by Crippen LogP contribution is -2.44. The van der Waals surface area contributed by atoms with Gasteiger partial charge in [-0.05, 0) is 25.8 Å². The largest absolute Gasteiger partial charge is 0.392 e. The van der Waals surface area contributed by atoms with Gasteiger partial charge < -0.3 is 5.11 Å². The van der Waals surface area contributed by atoms with E-state index in [0.717, 1.165) is 32.4 Å². The molecule has 74 valence electrons. The van der Waals surface area contributed by atoms with Crippen LogP contribution in [0.1, 0.15) is 32.6 Å². The number of rotatable bonds is 3. The Kier molecular flexibility index (Phi) is 4.20. The molecule has 0 aliphatic carbocycles. The lowest BCUT2D eigenvalue weighted by atomic mass is 10.0. The van der Waals surface area contributed by atoms with Crippen LogP contribution in [-0.4, -0.2) is 35.2 Å². The lowest BCUT2D eigenvalue weighted by Gasteiger charge is -2.35. The van der Waals surface area contributed by atoms with Gasteiger partial charge in [-0.3, -0.25) is 4.90 Å². The summed E-state index contributed by atoms with van der Waals surface area (Å²) in [6.07, 6.45) is 3.38. The van der Waals surface area contributed by atoms with Crippen molar-refractivity contribution in [3.63, 3.8) is 0 Å². The minimum atomic E-state index is -0.179. The van der Waals surface area contributed by atoms with Gasteiger partial charge in [0.1, 0.15) is 0 Å². The first-order valence-electron chi connectivity index (χ1n) is 5.07. The molecule has 1 N–H and O–H groups in total. The van der Waals surface area contributed by atoms with E-state index in [2.05, 4.69) is 17.9 Å². The first-order chi connectivity index (χ1) is 6.27. The van der Waals surface area contributed by atoms with Gasteiger partial charge in [0.2, 0.25) is 0 Å². The van der Waals surface area contributed by atoms with E-state index in [1.165, 1.54) is 0 Å². The number of hydrogen-bond donors (Lipinski definition) is 1. The molecule has 3 nitrogen and oxygen atoms in total. The highest BCUT2D eigenvalue weighted by molar-refractivity contribution is 4.85. The molecule has 2 unspecified atom stereocenters. The quantitative estimate of drug-likeness (QED) is 0.712. The van der Waals surface area contributed by atoms with Gasteiger partial charge in [-0.2, -0.15) is 5.26 Å². The molecular formula is C10H18N2O. The third-order valence-corrected chi connectivity index (χ3v) is 2.74. The average Bonchev–Trinajstić information content (AvgIpc) is 2.14. The minimum absolute atomic E-state index is 0.179. The molecule has 1 aliphatic rings. The van der Waals surface area contributed by atoms with Crippen LogP contribution in [0.15, 0.2) is 0 Å². The Labute approximate surface area is 80.0 Å². The molecule has 0 aromatic rings. The van der Waals surface area contributed by atoms with Gasteiger partial charge in [0.05, 0.1) is 18.6 Å². The van der Waals surface area contributed by atoms with Crippen LogP contribution in [0.25, 0.3) is 0 Å². The van der Waals surface area contributed by atoms with Gasteiger partial charge in [-0.1, -0.05) is 6.92 Å². The van der Waals surface area contributed by atoms with Crippen molar-refractivity contribution in [2.45, 2.75) is 44.8 Å². The molecule has 0 amide bonds.